The van der Waals surface area contributed by atoms with E-state index in [1.165, 1.54) is 0 Å². The Bertz CT molecular complexity index is 252. The first kappa shape index (κ1) is 14.9. The molecule has 0 aliphatic carbocycles. The van der Waals surface area contributed by atoms with Crippen LogP contribution < -0.4 is 0 Å². The molecule has 94 valence electrons. The molecule has 0 aliphatic heterocycles. The fraction of sp³-hybridized carbons (Fsp3) is 0.750. The minimum Gasteiger partial charge on any atom is -0.481 e. The first-order chi connectivity index (χ1) is 7.31. The van der Waals surface area contributed by atoms with Gasteiger partial charge in [0.25, 0.3) is 0 Å². The number of aliphatic carboxylic acids is 1. The molecule has 0 heterocycles. The number of ketones is 1. The zero-order valence-corrected chi connectivity index (χ0v) is 8.22. The van der Waals surface area contributed by atoms with E-state index in [9.17, 15) is 14.7 Å². The number of aliphatic hydroxyl groups excluding tert-OH is 5. The van der Waals surface area contributed by atoms with E-state index in [4.69, 9.17) is 25.5 Å². The lowest BCUT2D eigenvalue weighted by molar-refractivity contribution is -0.152. The molecule has 0 rings (SSSR count). The summed E-state index contributed by atoms with van der Waals surface area (Å²) in [6.45, 7) is -0.877. The number of hydrogen-bond donors (Lipinski definition) is 6. The number of Topliss-reactive ketones (excluding diaryl/α,β-unsaturated/α-hetero) is 1. The van der Waals surface area contributed by atoms with Crippen LogP contribution in [0.25, 0.3) is 0 Å². The van der Waals surface area contributed by atoms with Gasteiger partial charge in [-0.3, -0.25) is 9.59 Å². The molecule has 0 amide bonds. The Morgan fingerprint density at radius 1 is 1.00 bits per heavy atom. The Kier molecular flexibility index (Phi) is 6.08. The summed E-state index contributed by atoms with van der Waals surface area (Å²) in [7, 11) is 0. The second kappa shape index (κ2) is 6.51. The molecule has 4 atom stereocenters. The number of carboxylic acid groups (broad SMARTS) is 1. The van der Waals surface area contributed by atoms with Gasteiger partial charge >= 0.3 is 5.97 Å². The molecule has 0 aromatic rings. The number of hydrogen-bond acceptors (Lipinski definition) is 7. The molecule has 6 N–H and O–H groups in total. The van der Waals surface area contributed by atoms with Crippen LogP contribution in [0.1, 0.15) is 6.42 Å². The maximum atomic E-state index is 11.0. The third-order valence-corrected chi connectivity index (χ3v) is 1.91. The zero-order valence-electron chi connectivity index (χ0n) is 8.22. The molecule has 0 unspecified atom stereocenters. The topological polar surface area (TPSA) is 156 Å². The molecule has 8 heteroatoms. The summed E-state index contributed by atoms with van der Waals surface area (Å²) in [4.78, 5) is 21.1. The molecule has 0 aromatic carbocycles. The highest BCUT2D eigenvalue weighted by Crippen LogP contribution is 2.07. The van der Waals surface area contributed by atoms with Crippen LogP contribution in [0.5, 0.6) is 0 Å². The van der Waals surface area contributed by atoms with Crippen LogP contribution in [0.3, 0.4) is 0 Å². The largest absolute Gasteiger partial charge is 0.481 e. The number of carboxylic acids is 1. The number of carbonyl (C=O) groups is 2. The van der Waals surface area contributed by atoms with Crippen molar-refractivity contribution >= 4 is 11.8 Å². The van der Waals surface area contributed by atoms with E-state index < -0.39 is 49.2 Å². The Morgan fingerprint density at radius 3 is 1.88 bits per heavy atom. The van der Waals surface area contributed by atoms with Crippen molar-refractivity contribution in [3.63, 3.8) is 0 Å². The quantitative estimate of drug-likeness (QED) is 0.249. The Labute approximate surface area is 90.4 Å². The Morgan fingerprint density at radius 2 is 1.50 bits per heavy atom. The second-order valence-electron chi connectivity index (χ2n) is 3.21. The van der Waals surface area contributed by atoms with E-state index in [2.05, 4.69) is 0 Å². The molecular weight excluding hydrogens is 224 g/mol. The van der Waals surface area contributed by atoms with Gasteiger partial charge in [0.05, 0.1) is 6.61 Å². The van der Waals surface area contributed by atoms with Crippen LogP contribution in [0, 0.1) is 0 Å². The maximum absolute atomic E-state index is 11.0. The van der Waals surface area contributed by atoms with Gasteiger partial charge in [0, 0.05) is 0 Å². The molecule has 16 heavy (non-hydrogen) atoms. The van der Waals surface area contributed by atoms with Crippen molar-refractivity contribution in [2.24, 2.45) is 0 Å². The van der Waals surface area contributed by atoms with Gasteiger partial charge in [-0.05, 0) is 0 Å². The fourth-order valence-corrected chi connectivity index (χ4v) is 0.966. The summed E-state index contributed by atoms with van der Waals surface area (Å²) in [5, 5.41) is 53.0. The highest BCUT2D eigenvalue weighted by molar-refractivity contribution is 5.97. The molecule has 0 saturated heterocycles. The average molecular weight is 238 g/mol. The van der Waals surface area contributed by atoms with Gasteiger partial charge in [-0.15, -0.1) is 0 Å². The maximum Gasteiger partial charge on any atom is 0.310 e. The normalized spacial score (nSPS) is 18.6. The van der Waals surface area contributed by atoms with Crippen LogP contribution >= 0.6 is 0 Å². The van der Waals surface area contributed by atoms with Gasteiger partial charge in [0.1, 0.15) is 30.8 Å². The van der Waals surface area contributed by atoms with E-state index in [1.54, 1.807) is 0 Å². The van der Waals surface area contributed by atoms with Crippen molar-refractivity contribution in [1.29, 1.82) is 0 Å². The summed E-state index contributed by atoms with van der Waals surface area (Å²) in [5.41, 5.74) is 0. The third-order valence-electron chi connectivity index (χ3n) is 1.91. The van der Waals surface area contributed by atoms with E-state index in [0.717, 1.165) is 0 Å². The SMILES string of the molecule is O=C(O)CC(=O)[C@H](O)[C@@H](O)[C@@H](O)[C@H](O)CO. The summed E-state index contributed by atoms with van der Waals surface area (Å²) in [5.74, 6) is -2.70. The van der Waals surface area contributed by atoms with Crippen molar-refractivity contribution in [3.8, 4) is 0 Å². The van der Waals surface area contributed by atoms with Crippen LogP contribution in [-0.4, -0.2) is 73.4 Å². The first-order valence-corrected chi connectivity index (χ1v) is 4.38. The highest BCUT2D eigenvalue weighted by Gasteiger charge is 2.34. The predicted octanol–water partition coefficient (Wildman–Crippen LogP) is -3.53. The molecule has 0 spiro atoms. The van der Waals surface area contributed by atoms with Gasteiger partial charge in [0.2, 0.25) is 0 Å². The molecular formula is C8H14O8. The van der Waals surface area contributed by atoms with Crippen molar-refractivity contribution in [2.75, 3.05) is 6.61 Å². The number of rotatable bonds is 7. The minimum absolute atomic E-state index is 0.877. The Hall–Kier alpha value is -1.06. The summed E-state index contributed by atoms with van der Waals surface area (Å²) in [6, 6.07) is 0. The van der Waals surface area contributed by atoms with Gasteiger partial charge in [-0.1, -0.05) is 0 Å². The summed E-state index contributed by atoms with van der Waals surface area (Å²) >= 11 is 0. The molecule has 0 fully saturated rings. The molecule has 8 nitrogen and oxygen atoms in total. The van der Waals surface area contributed by atoms with Crippen molar-refractivity contribution in [2.45, 2.75) is 30.8 Å². The van der Waals surface area contributed by atoms with Crippen molar-refractivity contribution < 1.29 is 40.2 Å². The molecule has 0 bridgehead atoms. The van der Waals surface area contributed by atoms with E-state index >= 15 is 0 Å². The lowest BCUT2D eigenvalue weighted by Crippen LogP contribution is -2.48. The first-order valence-electron chi connectivity index (χ1n) is 4.38. The summed E-state index contributed by atoms with van der Waals surface area (Å²) in [6.07, 6.45) is -8.89. The molecule has 0 aromatic heterocycles. The van der Waals surface area contributed by atoms with Gasteiger partial charge in [-0.2, -0.15) is 0 Å². The molecule has 0 radical (unpaired) electrons. The zero-order chi connectivity index (χ0) is 12.9. The second-order valence-corrected chi connectivity index (χ2v) is 3.21. The standard InChI is InChI=1S/C8H14O8/c9-2-4(11)7(15)8(16)6(14)3(10)1-5(12)13/h4,6-9,11,14-16H,1-2H2,(H,12,13)/t4-,6+,7+,8-/m1/s1. The average Bonchev–Trinajstić information content (AvgIpc) is 2.23. The number of aliphatic hydroxyl groups is 5. The predicted molar refractivity (Wildman–Crippen MR) is 48.4 cm³/mol. The van der Waals surface area contributed by atoms with Crippen molar-refractivity contribution in [1.82, 2.24) is 0 Å². The van der Waals surface area contributed by atoms with Crippen LogP contribution in [-0.2, 0) is 9.59 Å². The van der Waals surface area contributed by atoms with Gasteiger partial charge < -0.3 is 30.6 Å². The van der Waals surface area contributed by atoms with E-state index in [0.29, 0.717) is 0 Å². The smallest absolute Gasteiger partial charge is 0.310 e. The van der Waals surface area contributed by atoms with E-state index in [-0.39, 0.29) is 0 Å². The molecule has 0 saturated carbocycles. The Balaban J connectivity index is 4.42. The van der Waals surface area contributed by atoms with Crippen LogP contribution in [0.4, 0.5) is 0 Å². The fourth-order valence-electron chi connectivity index (χ4n) is 0.966. The van der Waals surface area contributed by atoms with Gasteiger partial charge in [-0.25, -0.2) is 0 Å². The van der Waals surface area contributed by atoms with Crippen LogP contribution in [0.2, 0.25) is 0 Å². The van der Waals surface area contributed by atoms with E-state index in [1.807, 2.05) is 0 Å². The highest BCUT2D eigenvalue weighted by atomic mass is 16.4. The molecule has 0 aliphatic rings. The number of carbonyl (C=O) groups excluding carboxylic acids is 1. The third kappa shape index (κ3) is 4.21. The lowest BCUT2D eigenvalue weighted by atomic mass is 9.99. The summed E-state index contributed by atoms with van der Waals surface area (Å²) < 4.78 is 0. The van der Waals surface area contributed by atoms with Crippen molar-refractivity contribution in [3.05, 3.63) is 0 Å². The minimum atomic E-state index is -2.13. The van der Waals surface area contributed by atoms with Crippen LogP contribution in [0.15, 0.2) is 0 Å². The lowest BCUT2D eigenvalue weighted by Gasteiger charge is -2.24. The monoisotopic (exact) mass is 238 g/mol. The van der Waals surface area contributed by atoms with Gasteiger partial charge in [0.15, 0.2) is 5.78 Å².